The predicted molar refractivity (Wildman–Crippen MR) is 88.2 cm³/mol. The van der Waals surface area contributed by atoms with E-state index in [1.54, 1.807) is 6.92 Å². The van der Waals surface area contributed by atoms with E-state index in [0.717, 1.165) is 32.4 Å². The average molecular weight is 336 g/mol. The number of rotatable bonds is 5. The van der Waals surface area contributed by atoms with Gasteiger partial charge in [-0.1, -0.05) is 13.8 Å². The van der Waals surface area contributed by atoms with Crippen molar-refractivity contribution in [1.82, 2.24) is 20.4 Å². The number of hydrogen-bond donors (Lipinski definition) is 1. The Labute approximate surface area is 143 Å². The van der Waals surface area contributed by atoms with Crippen LogP contribution in [0.5, 0.6) is 0 Å². The van der Waals surface area contributed by atoms with Crippen LogP contribution < -0.4 is 5.32 Å². The average Bonchev–Trinajstić information content (AvgIpc) is 3.18. The van der Waals surface area contributed by atoms with Gasteiger partial charge in [0.25, 0.3) is 0 Å². The van der Waals surface area contributed by atoms with Gasteiger partial charge in [0.15, 0.2) is 0 Å². The third kappa shape index (κ3) is 4.13. The number of likely N-dealkylation sites (tertiary alicyclic amines) is 1. The fourth-order valence-electron chi connectivity index (χ4n) is 3.69. The molecule has 1 aromatic rings. The maximum Gasteiger partial charge on any atom is 0.230 e. The number of amides is 1. The molecule has 2 saturated heterocycles. The number of ether oxygens (including phenoxy) is 1. The molecule has 1 amide bonds. The Morgan fingerprint density at radius 3 is 2.67 bits per heavy atom. The largest absolute Gasteiger partial charge is 0.424 e. The van der Waals surface area contributed by atoms with Crippen LogP contribution in [-0.2, 0) is 16.1 Å². The van der Waals surface area contributed by atoms with Gasteiger partial charge in [-0.2, -0.15) is 0 Å². The van der Waals surface area contributed by atoms with E-state index in [-0.39, 0.29) is 24.0 Å². The highest BCUT2D eigenvalue weighted by Gasteiger charge is 2.36. The number of nitrogens with one attached hydrogen (secondary N) is 1. The van der Waals surface area contributed by atoms with Crippen LogP contribution in [-0.4, -0.2) is 52.8 Å². The quantitative estimate of drug-likeness (QED) is 0.878. The minimum Gasteiger partial charge on any atom is -0.424 e. The van der Waals surface area contributed by atoms with Crippen LogP contribution >= 0.6 is 0 Å². The van der Waals surface area contributed by atoms with Gasteiger partial charge in [0.1, 0.15) is 0 Å². The summed E-state index contributed by atoms with van der Waals surface area (Å²) in [5.74, 6) is 1.81. The van der Waals surface area contributed by atoms with Gasteiger partial charge in [0, 0.05) is 32.7 Å². The smallest absolute Gasteiger partial charge is 0.230 e. The number of piperidine rings is 1. The van der Waals surface area contributed by atoms with E-state index in [1.165, 1.54) is 0 Å². The number of aromatic nitrogens is 2. The van der Waals surface area contributed by atoms with Gasteiger partial charge in [-0.3, -0.25) is 9.69 Å². The summed E-state index contributed by atoms with van der Waals surface area (Å²) in [4.78, 5) is 14.9. The van der Waals surface area contributed by atoms with Crippen LogP contribution in [0, 0.1) is 18.8 Å². The van der Waals surface area contributed by atoms with E-state index in [2.05, 4.69) is 34.3 Å². The Bertz CT molecular complexity index is 552. The van der Waals surface area contributed by atoms with Crippen molar-refractivity contribution in [2.24, 2.45) is 11.8 Å². The van der Waals surface area contributed by atoms with Crippen molar-refractivity contribution in [2.45, 2.75) is 58.7 Å². The van der Waals surface area contributed by atoms with Crippen LogP contribution in [0.15, 0.2) is 4.42 Å². The predicted octanol–water partition coefficient (Wildman–Crippen LogP) is 1.52. The standard InChI is InChI=1S/C17H28N4O3/c1-11(2)16-14(6-9-23-16)17(22)18-13-4-7-21(8-5-13)10-15-20-19-12(3)24-15/h11,13-14,16H,4-10H2,1-3H3,(H,18,22)/t14-,16?/m1/s1. The molecule has 3 rings (SSSR count). The van der Waals surface area contributed by atoms with E-state index < -0.39 is 0 Å². The zero-order chi connectivity index (χ0) is 17.1. The van der Waals surface area contributed by atoms with Crippen LogP contribution in [0.3, 0.4) is 0 Å². The van der Waals surface area contributed by atoms with Crippen LogP contribution in [0.1, 0.15) is 44.9 Å². The van der Waals surface area contributed by atoms with E-state index in [9.17, 15) is 4.79 Å². The lowest BCUT2D eigenvalue weighted by Gasteiger charge is -2.32. The molecule has 24 heavy (non-hydrogen) atoms. The molecule has 1 aromatic heterocycles. The summed E-state index contributed by atoms with van der Waals surface area (Å²) in [6.07, 6.45) is 2.81. The second-order valence-electron chi connectivity index (χ2n) is 7.25. The fourth-order valence-corrected chi connectivity index (χ4v) is 3.69. The maximum atomic E-state index is 12.6. The summed E-state index contributed by atoms with van der Waals surface area (Å²) in [5.41, 5.74) is 0. The summed E-state index contributed by atoms with van der Waals surface area (Å²) in [7, 11) is 0. The number of nitrogens with zero attached hydrogens (tertiary/aromatic N) is 3. The monoisotopic (exact) mass is 336 g/mol. The minimum absolute atomic E-state index is 0.00407. The first-order valence-corrected chi connectivity index (χ1v) is 8.96. The molecule has 2 atom stereocenters. The lowest BCUT2D eigenvalue weighted by Crippen LogP contribution is -2.47. The Balaban J connectivity index is 1.44. The highest BCUT2D eigenvalue weighted by Crippen LogP contribution is 2.27. The van der Waals surface area contributed by atoms with Crippen LogP contribution in [0.2, 0.25) is 0 Å². The lowest BCUT2D eigenvalue weighted by molar-refractivity contribution is -0.128. The van der Waals surface area contributed by atoms with E-state index in [0.29, 0.717) is 30.9 Å². The summed E-state index contributed by atoms with van der Waals surface area (Å²) >= 11 is 0. The summed E-state index contributed by atoms with van der Waals surface area (Å²) in [6.45, 7) is 9.29. The minimum atomic E-state index is 0.00407. The van der Waals surface area contributed by atoms with Crippen molar-refractivity contribution >= 4 is 5.91 Å². The second-order valence-corrected chi connectivity index (χ2v) is 7.25. The molecule has 0 aliphatic carbocycles. The molecule has 0 bridgehead atoms. The zero-order valence-corrected chi connectivity index (χ0v) is 14.8. The summed E-state index contributed by atoms with van der Waals surface area (Å²) < 4.78 is 11.2. The Morgan fingerprint density at radius 2 is 2.04 bits per heavy atom. The lowest BCUT2D eigenvalue weighted by atomic mass is 9.91. The Morgan fingerprint density at radius 1 is 1.29 bits per heavy atom. The van der Waals surface area contributed by atoms with Gasteiger partial charge in [0.05, 0.1) is 18.6 Å². The third-order valence-electron chi connectivity index (χ3n) is 4.99. The number of aryl methyl sites for hydroxylation is 1. The van der Waals surface area contributed by atoms with Crippen molar-refractivity contribution in [3.05, 3.63) is 11.8 Å². The van der Waals surface area contributed by atoms with Crippen molar-refractivity contribution in [1.29, 1.82) is 0 Å². The second kappa shape index (κ2) is 7.61. The number of hydrogen-bond acceptors (Lipinski definition) is 6. The van der Waals surface area contributed by atoms with Crippen molar-refractivity contribution in [3.63, 3.8) is 0 Å². The van der Waals surface area contributed by atoms with Gasteiger partial charge < -0.3 is 14.5 Å². The first kappa shape index (κ1) is 17.4. The van der Waals surface area contributed by atoms with Gasteiger partial charge in [-0.05, 0) is 25.2 Å². The molecule has 1 unspecified atom stereocenters. The molecule has 7 nitrogen and oxygen atoms in total. The Hall–Kier alpha value is -1.47. The molecular formula is C17H28N4O3. The van der Waals surface area contributed by atoms with Crippen LogP contribution in [0.25, 0.3) is 0 Å². The van der Waals surface area contributed by atoms with Crippen molar-refractivity contribution < 1.29 is 13.9 Å². The Kier molecular flexibility index (Phi) is 5.50. The molecule has 0 saturated carbocycles. The highest BCUT2D eigenvalue weighted by atomic mass is 16.5. The molecule has 7 heteroatoms. The molecule has 1 N–H and O–H groups in total. The summed E-state index contributed by atoms with van der Waals surface area (Å²) in [6, 6.07) is 0.256. The molecule has 2 aliphatic heterocycles. The first-order chi connectivity index (χ1) is 11.5. The highest BCUT2D eigenvalue weighted by molar-refractivity contribution is 5.79. The molecular weight excluding hydrogens is 308 g/mol. The van der Waals surface area contributed by atoms with Gasteiger partial charge >= 0.3 is 0 Å². The number of carbonyl (C=O) groups excluding carboxylic acids is 1. The fraction of sp³-hybridized carbons (Fsp3) is 0.824. The van der Waals surface area contributed by atoms with E-state index in [4.69, 9.17) is 9.15 Å². The first-order valence-electron chi connectivity index (χ1n) is 8.96. The molecule has 134 valence electrons. The van der Waals surface area contributed by atoms with Crippen molar-refractivity contribution in [3.8, 4) is 0 Å². The van der Waals surface area contributed by atoms with Gasteiger partial charge in [-0.25, -0.2) is 0 Å². The SMILES string of the molecule is Cc1nnc(CN2CCC(NC(=O)[C@@H]3CCOC3C(C)C)CC2)o1. The molecule has 0 spiro atoms. The van der Waals surface area contributed by atoms with E-state index in [1.807, 2.05) is 0 Å². The van der Waals surface area contributed by atoms with Crippen LogP contribution in [0.4, 0.5) is 0 Å². The van der Waals surface area contributed by atoms with Gasteiger partial charge in [0.2, 0.25) is 17.7 Å². The molecule has 3 heterocycles. The van der Waals surface area contributed by atoms with Crippen molar-refractivity contribution in [2.75, 3.05) is 19.7 Å². The zero-order valence-electron chi connectivity index (χ0n) is 14.8. The van der Waals surface area contributed by atoms with E-state index >= 15 is 0 Å². The number of carbonyl (C=O) groups is 1. The molecule has 0 aromatic carbocycles. The molecule has 2 aliphatic rings. The topological polar surface area (TPSA) is 80.5 Å². The van der Waals surface area contributed by atoms with Gasteiger partial charge in [-0.15, -0.1) is 10.2 Å². The third-order valence-corrected chi connectivity index (χ3v) is 4.99. The maximum absolute atomic E-state index is 12.6. The summed E-state index contributed by atoms with van der Waals surface area (Å²) in [5, 5.41) is 11.1. The molecule has 0 radical (unpaired) electrons. The molecule has 2 fully saturated rings. The normalized spacial score (nSPS) is 26.2.